The van der Waals surface area contributed by atoms with Gasteiger partial charge in [-0.2, -0.15) is 9.97 Å². The minimum Gasteiger partial charge on any atom is -0.464 e. The third kappa shape index (κ3) is 3.41. The number of hydrogen-bond acceptors (Lipinski definition) is 8. The van der Waals surface area contributed by atoms with Crippen molar-refractivity contribution in [3.63, 3.8) is 0 Å². The SMILES string of the molecule is CCOc1nc(NN)nc(OCC2CCCO2)n1. The van der Waals surface area contributed by atoms with E-state index < -0.39 is 0 Å². The molecule has 18 heavy (non-hydrogen) atoms. The molecular weight excluding hydrogens is 238 g/mol. The average Bonchev–Trinajstić information content (AvgIpc) is 2.89. The van der Waals surface area contributed by atoms with Crippen LogP contribution in [0.1, 0.15) is 19.8 Å². The van der Waals surface area contributed by atoms with Gasteiger partial charge in [-0.25, -0.2) is 5.84 Å². The highest BCUT2D eigenvalue weighted by Gasteiger charge is 2.17. The van der Waals surface area contributed by atoms with Crippen LogP contribution in [-0.4, -0.2) is 40.9 Å². The van der Waals surface area contributed by atoms with Gasteiger partial charge in [0.2, 0.25) is 5.95 Å². The Morgan fingerprint density at radius 2 is 2.11 bits per heavy atom. The lowest BCUT2D eigenvalue weighted by Crippen LogP contribution is -2.19. The maximum absolute atomic E-state index is 5.46. The van der Waals surface area contributed by atoms with E-state index in [0.717, 1.165) is 19.4 Å². The Morgan fingerprint density at radius 1 is 1.33 bits per heavy atom. The van der Waals surface area contributed by atoms with Crippen molar-refractivity contribution in [2.45, 2.75) is 25.9 Å². The molecule has 0 aliphatic carbocycles. The Bertz CT molecular complexity index is 384. The number of anilines is 1. The number of ether oxygens (including phenoxy) is 3. The maximum atomic E-state index is 5.46. The summed E-state index contributed by atoms with van der Waals surface area (Å²) in [5, 5.41) is 0. The second-order valence-electron chi connectivity index (χ2n) is 3.75. The number of nitrogens with one attached hydrogen (secondary N) is 1. The zero-order chi connectivity index (χ0) is 12.8. The van der Waals surface area contributed by atoms with E-state index in [0.29, 0.717) is 13.2 Å². The van der Waals surface area contributed by atoms with Crippen molar-refractivity contribution >= 4 is 5.95 Å². The Kier molecular flexibility index (Phi) is 4.48. The topological polar surface area (TPSA) is 104 Å². The molecule has 2 rings (SSSR count). The van der Waals surface area contributed by atoms with Crippen LogP contribution in [0.25, 0.3) is 0 Å². The van der Waals surface area contributed by atoms with Crippen LogP contribution < -0.4 is 20.7 Å². The van der Waals surface area contributed by atoms with Crippen molar-refractivity contribution in [2.75, 3.05) is 25.2 Å². The van der Waals surface area contributed by atoms with Gasteiger partial charge in [0.15, 0.2) is 0 Å². The van der Waals surface area contributed by atoms with E-state index in [-0.39, 0.29) is 24.1 Å². The number of aromatic nitrogens is 3. The second kappa shape index (κ2) is 6.31. The van der Waals surface area contributed by atoms with Crippen LogP contribution in [-0.2, 0) is 4.74 Å². The van der Waals surface area contributed by atoms with E-state index >= 15 is 0 Å². The molecule has 0 saturated carbocycles. The molecule has 1 unspecified atom stereocenters. The molecule has 0 amide bonds. The first-order valence-corrected chi connectivity index (χ1v) is 5.91. The number of hydrogen-bond donors (Lipinski definition) is 2. The van der Waals surface area contributed by atoms with Crippen molar-refractivity contribution in [1.82, 2.24) is 15.0 Å². The number of nitrogens with zero attached hydrogens (tertiary/aromatic N) is 3. The minimum atomic E-state index is 0.103. The molecule has 1 saturated heterocycles. The summed E-state index contributed by atoms with van der Waals surface area (Å²) in [5.74, 6) is 5.47. The summed E-state index contributed by atoms with van der Waals surface area (Å²) >= 11 is 0. The van der Waals surface area contributed by atoms with Crippen LogP contribution >= 0.6 is 0 Å². The largest absolute Gasteiger partial charge is 0.464 e. The fraction of sp³-hybridized carbons (Fsp3) is 0.700. The molecule has 1 aliphatic rings. The number of hydrazine groups is 1. The predicted octanol–water partition coefficient (Wildman–Crippen LogP) is 0.114. The summed E-state index contributed by atoms with van der Waals surface area (Å²) in [6.07, 6.45) is 2.16. The van der Waals surface area contributed by atoms with Crippen LogP contribution in [0.5, 0.6) is 12.0 Å². The molecule has 0 radical (unpaired) electrons. The molecule has 1 aliphatic heterocycles. The Balaban J connectivity index is 1.98. The lowest BCUT2D eigenvalue weighted by atomic mass is 10.2. The molecule has 100 valence electrons. The molecule has 8 heteroatoms. The smallest absolute Gasteiger partial charge is 0.324 e. The standard InChI is InChI=1S/C10H17N5O3/c1-2-16-9-12-8(15-11)13-10(14-9)18-6-7-4-3-5-17-7/h7H,2-6,11H2,1H3,(H,12,13,14,15). The third-order valence-electron chi connectivity index (χ3n) is 2.42. The Hall–Kier alpha value is -1.67. The van der Waals surface area contributed by atoms with Crippen LogP contribution in [0.15, 0.2) is 0 Å². The highest BCUT2D eigenvalue weighted by atomic mass is 16.5. The van der Waals surface area contributed by atoms with E-state index in [1.54, 1.807) is 0 Å². The molecule has 3 N–H and O–H groups in total. The summed E-state index contributed by atoms with van der Waals surface area (Å²) < 4.78 is 16.1. The van der Waals surface area contributed by atoms with Gasteiger partial charge in [0.1, 0.15) is 6.61 Å². The lowest BCUT2D eigenvalue weighted by Gasteiger charge is -2.11. The van der Waals surface area contributed by atoms with Gasteiger partial charge in [-0.15, -0.1) is 4.98 Å². The first kappa shape index (κ1) is 12.8. The van der Waals surface area contributed by atoms with Crippen molar-refractivity contribution in [3.8, 4) is 12.0 Å². The quantitative estimate of drug-likeness (QED) is 0.545. The van der Waals surface area contributed by atoms with Gasteiger partial charge in [-0.1, -0.05) is 0 Å². The van der Waals surface area contributed by atoms with Gasteiger partial charge in [-0.05, 0) is 19.8 Å². The molecule has 1 aromatic rings. The lowest BCUT2D eigenvalue weighted by molar-refractivity contribution is 0.0641. The molecule has 0 spiro atoms. The molecule has 8 nitrogen and oxygen atoms in total. The van der Waals surface area contributed by atoms with E-state index in [9.17, 15) is 0 Å². The summed E-state index contributed by atoms with van der Waals surface area (Å²) in [7, 11) is 0. The molecule has 0 aromatic carbocycles. The highest BCUT2D eigenvalue weighted by molar-refractivity contribution is 5.25. The van der Waals surface area contributed by atoms with Crippen LogP contribution in [0, 0.1) is 0 Å². The van der Waals surface area contributed by atoms with Crippen molar-refractivity contribution in [3.05, 3.63) is 0 Å². The predicted molar refractivity (Wildman–Crippen MR) is 63.3 cm³/mol. The van der Waals surface area contributed by atoms with Gasteiger partial charge in [-0.3, -0.25) is 5.43 Å². The van der Waals surface area contributed by atoms with Crippen molar-refractivity contribution < 1.29 is 14.2 Å². The van der Waals surface area contributed by atoms with Gasteiger partial charge in [0.05, 0.1) is 12.7 Å². The first-order valence-electron chi connectivity index (χ1n) is 5.91. The van der Waals surface area contributed by atoms with Crippen LogP contribution in [0.3, 0.4) is 0 Å². The number of nitrogen functional groups attached to an aromatic ring is 1. The first-order chi connectivity index (χ1) is 8.81. The summed E-state index contributed by atoms with van der Waals surface area (Å²) in [5.41, 5.74) is 2.34. The van der Waals surface area contributed by atoms with Crippen molar-refractivity contribution in [2.24, 2.45) is 5.84 Å². The van der Waals surface area contributed by atoms with Gasteiger partial charge in [0.25, 0.3) is 0 Å². The van der Waals surface area contributed by atoms with Crippen LogP contribution in [0.4, 0.5) is 5.95 Å². The van der Waals surface area contributed by atoms with Gasteiger partial charge >= 0.3 is 12.0 Å². The Morgan fingerprint density at radius 3 is 2.72 bits per heavy atom. The highest BCUT2D eigenvalue weighted by Crippen LogP contribution is 2.15. The molecule has 1 atom stereocenters. The van der Waals surface area contributed by atoms with E-state index in [2.05, 4.69) is 20.4 Å². The molecule has 1 fully saturated rings. The van der Waals surface area contributed by atoms with E-state index in [1.165, 1.54) is 0 Å². The third-order valence-corrected chi connectivity index (χ3v) is 2.42. The van der Waals surface area contributed by atoms with Gasteiger partial charge < -0.3 is 14.2 Å². The average molecular weight is 255 g/mol. The molecule has 0 bridgehead atoms. The zero-order valence-electron chi connectivity index (χ0n) is 10.3. The molecular formula is C10H17N5O3. The maximum Gasteiger partial charge on any atom is 0.324 e. The number of nitrogens with two attached hydrogens (primary N) is 1. The summed E-state index contributed by atoms with van der Waals surface area (Å²) in [4.78, 5) is 11.9. The monoisotopic (exact) mass is 255 g/mol. The van der Waals surface area contributed by atoms with E-state index in [1.807, 2.05) is 6.92 Å². The van der Waals surface area contributed by atoms with E-state index in [4.69, 9.17) is 20.1 Å². The summed E-state index contributed by atoms with van der Waals surface area (Å²) in [6, 6.07) is 0.361. The number of rotatable bonds is 6. The normalized spacial score (nSPS) is 18.7. The summed E-state index contributed by atoms with van der Waals surface area (Å²) in [6.45, 7) is 3.50. The van der Waals surface area contributed by atoms with Crippen molar-refractivity contribution in [1.29, 1.82) is 0 Å². The fourth-order valence-electron chi connectivity index (χ4n) is 1.60. The minimum absolute atomic E-state index is 0.103. The van der Waals surface area contributed by atoms with Crippen LogP contribution in [0.2, 0.25) is 0 Å². The molecule has 2 heterocycles. The molecule has 1 aromatic heterocycles. The van der Waals surface area contributed by atoms with Gasteiger partial charge in [0, 0.05) is 6.61 Å². The zero-order valence-corrected chi connectivity index (χ0v) is 10.3. The second-order valence-corrected chi connectivity index (χ2v) is 3.75. The fourth-order valence-corrected chi connectivity index (χ4v) is 1.60. The Labute approximate surface area is 105 Å².